The van der Waals surface area contributed by atoms with Gasteiger partial charge in [-0.05, 0) is 19.1 Å². The molecule has 0 radical (unpaired) electrons. The molecule has 2 N–H and O–H groups in total. The number of aromatic nitrogens is 3. The number of hydrogen-bond acceptors (Lipinski definition) is 7. The zero-order chi connectivity index (χ0) is 20.4. The average molecular weight is 404 g/mol. The first-order valence-corrected chi connectivity index (χ1v) is 9.57. The van der Waals surface area contributed by atoms with Gasteiger partial charge in [0.05, 0.1) is 30.5 Å². The second kappa shape index (κ2) is 7.69. The predicted octanol–water partition coefficient (Wildman–Crippen LogP) is 3.27. The molecule has 0 saturated heterocycles. The van der Waals surface area contributed by atoms with E-state index in [0.717, 1.165) is 33.1 Å². The maximum atomic E-state index is 12.1. The first-order valence-electron chi connectivity index (χ1n) is 8.69. The number of ether oxygens (including phenoxy) is 1. The fourth-order valence-electron chi connectivity index (χ4n) is 3.05. The summed E-state index contributed by atoms with van der Waals surface area (Å²) in [5.74, 6) is 0. The number of urea groups is 1. The lowest BCUT2D eigenvalue weighted by molar-refractivity contribution is 0.240. The summed E-state index contributed by atoms with van der Waals surface area (Å²) in [7, 11) is 1.50. The van der Waals surface area contributed by atoms with Crippen LogP contribution in [-0.2, 0) is 0 Å². The summed E-state index contributed by atoms with van der Waals surface area (Å²) in [5.41, 5.74) is 4.61. The van der Waals surface area contributed by atoms with Gasteiger partial charge in [0.25, 0.3) is 0 Å². The van der Waals surface area contributed by atoms with Crippen molar-refractivity contribution in [1.82, 2.24) is 25.6 Å². The molecule has 9 heteroatoms. The summed E-state index contributed by atoms with van der Waals surface area (Å²) in [6.45, 7) is 1.84. The Morgan fingerprint density at radius 2 is 1.93 bits per heavy atom. The van der Waals surface area contributed by atoms with Crippen molar-refractivity contribution in [3.8, 4) is 23.3 Å². The molecule has 2 amide bonds. The molecule has 3 heterocycles. The molecule has 2 aromatic heterocycles. The van der Waals surface area contributed by atoms with Gasteiger partial charge in [0, 0.05) is 40.2 Å². The van der Waals surface area contributed by atoms with E-state index in [2.05, 4.69) is 26.7 Å². The molecule has 144 valence electrons. The maximum absolute atomic E-state index is 12.1. The van der Waals surface area contributed by atoms with Gasteiger partial charge < -0.3 is 15.4 Å². The van der Waals surface area contributed by atoms with Crippen LogP contribution in [0.1, 0.15) is 29.1 Å². The van der Waals surface area contributed by atoms with E-state index in [9.17, 15) is 4.79 Å². The van der Waals surface area contributed by atoms with Gasteiger partial charge in [0.2, 0.25) is 0 Å². The van der Waals surface area contributed by atoms with E-state index in [-0.39, 0.29) is 12.0 Å². The Balaban J connectivity index is 1.72. The van der Waals surface area contributed by atoms with Crippen LogP contribution in [0, 0.1) is 11.3 Å². The third-order valence-corrected chi connectivity index (χ3v) is 5.35. The van der Waals surface area contributed by atoms with Crippen molar-refractivity contribution in [2.75, 3.05) is 7.11 Å². The molecule has 1 unspecified atom stereocenters. The summed E-state index contributed by atoms with van der Waals surface area (Å²) in [6.07, 6.45) is 3.26. The van der Waals surface area contributed by atoms with Gasteiger partial charge in [-0.1, -0.05) is 12.1 Å². The highest BCUT2D eigenvalue weighted by atomic mass is 32.1. The van der Waals surface area contributed by atoms with Gasteiger partial charge in [0.1, 0.15) is 5.01 Å². The summed E-state index contributed by atoms with van der Waals surface area (Å²) in [6, 6.07) is 8.90. The number of thiazole rings is 1. The topological polar surface area (TPSA) is 113 Å². The summed E-state index contributed by atoms with van der Waals surface area (Å²) < 4.78 is 5.01. The molecule has 4 rings (SSSR count). The number of amides is 2. The standard InChI is InChI=1S/C20H16N6O2S/c1-11-16(17(26-19(27)24-11)14-8-22-20(28-2)23-9-14)18-25-15(10-29-18)13-5-3-12(7-21)4-6-13/h3-6,8-10,17H,1-2H3,(H2,24,26,27). The molecule has 1 aliphatic heterocycles. The molecule has 3 aromatic rings. The first-order chi connectivity index (χ1) is 14.1. The lowest BCUT2D eigenvalue weighted by Crippen LogP contribution is -2.43. The monoisotopic (exact) mass is 404 g/mol. The highest BCUT2D eigenvalue weighted by Gasteiger charge is 2.30. The Morgan fingerprint density at radius 1 is 1.21 bits per heavy atom. The number of carbonyl (C=O) groups is 1. The minimum absolute atomic E-state index is 0.258. The van der Waals surface area contributed by atoms with Crippen LogP contribution in [0.4, 0.5) is 4.79 Å². The quantitative estimate of drug-likeness (QED) is 0.690. The lowest BCUT2D eigenvalue weighted by atomic mass is 9.98. The molecule has 29 heavy (non-hydrogen) atoms. The largest absolute Gasteiger partial charge is 0.467 e. The number of nitriles is 1. The van der Waals surface area contributed by atoms with E-state index in [1.54, 1.807) is 24.5 Å². The molecule has 0 bridgehead atoms. The van der Waals surface area contributed by atoms with Gasteiger partial charge >= 0.3 is 12.0 Å². The molecule has 0 saturated carbocycles. The van der Waals surface area contributed by atoms with Gasteiger partial charge in [-0.2, -0.15) is 5.26 Å². The van der Waals surface area contributed by atoms with E-state index in [1.165, 1.54) is 18.4 Å². The predicted molar refractivity (Wildman–Crippen MR) is 108 cm³/mol. The number of methoxy groups -OCH3 is 1. The van der Waals surface area contributed by atoms with E-state index in [0.29, 0.717) is 5.56 Å². The SMILES string of the molecule is COc1ncc(C2NC(=O)NC(C)=C2c2nc(-c3ccc(C#N)cc3)cs2)cn1. The molecule has 0 spiro atoms. The lowest BCUT2D eigenvalue weighted by Gasteiger charge is -2.27. The normalized spacial score (nSPS) is 16.0. The zero-order valence-corrected chi connectivity index (χ0v) is 16.4. The summed E-state index contributed by atoms with van der Waals surface area (Å²) in [4.78, 5) is 25.1. The number of nitrogens with one attached hydrogen (secondary N) is 2. The number of allylic oxidation sites excluding steroid dienone is 1. The van der Waals surface area contributed by atoms with Crippen LogP contribution >= 0.6 is 11.3 Å². The van der Waals surface area contributed by atoms with Crippen molar-refractivity contribution < 1.29 is 9.53 Å². The van der Waals surface area contributed by atoms with Crippen LogP contribution in [0.5, 0.6) is 6.01 Å². The highest BCUT2D eigenvalue weighted by Crippen LogP contribution is 2.37. The van der Waals surface area contributed by atoms with Gasteiger partial charge in [-0.15, -0.1) is 11.3 Å². The van der Waals surface area contributed by atoms with E-state index >= 15 is 0 Å². The Labute approximate surface area is 170 Å². The van der Waals surface area contributed by atoms with Crippen LogP contribution in [0.2, 0.25) is 0 Å². The molecular formula is C20H16N6O2S. The average Bonchev–Trinajstić information content (AvgIpc) is 3.23. The maximum Gasteiger partial charge on any atom is 0.319 e. The Hall–Kier alpha value is -3.77. The zero-order valence-electron chi connectivity index (χ0n) is 15.6. The van der Waals surface area contributed by atoms with E-state index in [4.69, 9.17) is 15.0 Å². The van der Waals surface area contributed by atoms with Gasteiger partial charge in [-0.3, -0.25) is 0 Å². The third-order valence-electron chi connectivity index (χ3n) is 4.48. The minimum atomic E-state index is -0.436. The molecule has 1 atom stereocenters. The van der Waals surface area contributed by atoms with Crippen molar-refractivity contribution in [2.45, 2.75) is 13.0 Å². The molecule has 8 nitrogen and oxygen atoms in total. The number of rotatable bonds is 4. The molecule has 0 aliphatic carbocycles. The van der Waals surface area contributed by atoms with E-state index in [1.807, 2.05) is 24.4 Å². The van der Waals surface area contributed by atoms with Gasteiger partial charge in [0.15, 0.2) is 0 Å². The van der Waals surface area contributed by atoms with Crippen LogP contribution in [0.25, 0.3) is 16.8 Å². The van der Waals surface area contributed by atoms with Crippen LogP contribution in [-0.4, -0.2) is 28.1 Å². The van der Waals surface area contributed by atoms with E-state index < -0.39 is 6.04 Å². The number of hydrogen-bond donors (Lipinski definition) is 2. The van der Waals surface area contributed by atoms with Crippen LogP contribution in [0.15, 0.2) is 47.7 Å². The second-order valence-electron chi connectivity index (χ2n) is 6.30. The molecule has 1 aliphatic rings. The van der Waals surface area contributed by atoms with Crippen LogP contribution < -0.4 is 15.4 Å². The summed E-state index contributed by atoms with van der Waals surface area (Å²) in [5, 5.41) is 17.4. The van der Waals surface area contributed by atoms with Crippen LogP contribution in [0.3, 0.4) is 0 Å². The fourth-order valence-corrected chi connectivity index (χ4v) is 4.01. The first kappa shape index (κ1) is 18.6. The van der Waals surface area contributed by atoms with Crippen molar-refractivity contribution >= 4 is 22.9 Å². The van der Waals surface area contributed by atoms with Gasteiger partial charge in [-0.25, -0.2) is 19.7 Å². The number of carbonyl (C=O) groups excluding carboxylic acids is 1. The number of benzene rings is 1. The molecule has 1 aromatic carbocycles. The smallest absolute Gasteiger partial charge is 0.319 e. The van der Waals surface area contributed by atoms with Crippen molar-refractivity contribution in [1.29, 1.82) is 5.26 Å². The Morgan fingerprint density at radius 3 is 2.59 bits per heavy atom. The van der Waals surface area contributed by atoms with Crippen molar-refractivity contribution in [3.05, 3.63) is 63.9 Å². The van der Waals surface area contributed by atoms with Crippen molar-refractivity contribution in [2.24, 2.45) is 0 Å². The Bertz CT molecular complexity index is 1130. The Kier molecular flexibility index (Phi) is 4.93. The number of nitrogens with zero attached hydrogens (tertiary/aromatic N) is 4. The van der Waals surface area contributed by atoms with Crippen molar-refractivity contribution in [3.63, 3.8) is 0 Å². The molecule has 0 fully saturated rings. The highest BCUT2D eigenvalue weighted by molar-refractivity contribution is 7.11. The molecular weight excluding hydrogens is 388 g/mol. The third kappa shape index (κ3) is 3.66. The fraction of sp³-hybridized carbons (Fsp3) is 0.150. The minimum Gasteiger partial charge on any atom is -0.467 e. The summed E-state index contributed by atoms with van der Waals surface area (Å²) >= 11 is 1.48. The second-order valence-corrected chi connectivity index (χ2v) is 7.16.